The molecule has 0 heterocycles. The Balaban J connectivity index is 1.19. The van der Waals surface area contributed by atoms with E-state index in [9.17, 15) is 29.6 Å². The van der Waals surface area contributed by atoms with Crippen LogP contribution in [0.3, 0.4) is 0 Å². The molecule has 11 nitrogen and oxygen atoms in total. The van der Waals surface area contributed by atoms with E-state index in [1.165, 1.54) is 24.8 Å². The van der Waals surface area contributed by atoms with E-state index >= 15 is 0 Å². The minimum Gasteiger partial charge on any atom is -0.502 e. The molecule has 1 aromatic carbocycles. The van der Waals surface area contributed by atoms with Gasteiger partial charge in [-0.05, 0) is 105 Å². The van der Waals surface area contributed by atoms with E-state index < -0.39 is 40.9 Å². The summed E-state index contributed by atoms with van der Waals surface area (Å²) in [6.07, 6.45) is 10.4. The molecule has 3 fully saturated rings. The Hall–Kier alpha value is -3.76. The van der Waals surface area contributed by atoms with Crippen molar-refractivity contribution in [3.63, 3.8) is 0 Å². The summed E-state index contributed by atoms with van der Waals surface area (Å²) in [5, 5.41) is 27.7. The maximum atomic E-state index is 12.7. The number of phenolic OH excluding ortho intramolecular Hbond substituents is 1. The first-order valence-corrected chi connectivity index (χ1v) is 15.6. The molecule has 5 rings (SSSR count). The van der Waals surface area contributed by atoms with Gasteiger partial charge in [-0.1, -0.05) is 30.6 Å². The third-order valence-corrected chi connectivity index (χ3v) is 11.3. The van der Waals surface area contributed by atoms with Gasteiger partial charge in [0, 0.05) is 18.4 Å². The van der Waals surface area contributed by atoms with Crippen LogP contribution in [0.1, 0.15) is 77.7 Å². The lowest BCUT2D eigenvalue weighted by molar-refractivity contribution is -0.385. The molecule has 0 saturated heterocycles. The van der Waals surface area contributed by atoms with Crippen molar-refractivity contribution in [2.24, 2.45) is 39.7 Å². The summed E-state index contributed by atoms with van der Waals surface area (Å²) in [6.45, 7) is 6.13. The van der Waals surface area contributed by atoms with Gasteiger partial charge in [-0.3, -0.25) is 19.7 Å². The monoisotopic (exact) mass is 609 g/mol. The number of nitro benzene ring substituents is 1. The lowest BCUT2D eigenvalue weighted by Gasteiger charge is -2.58. The minimum absolute atomic E-state index is 0.0731. The smallest absolute Gasteiger partial charge is 0.328 e. The average Bonchev–Trinajstić information content (AvgIpc) is 3.35. The van der Waals surface area contributed by atoms with Crippen LogP contribution < -0.4 is 5.32 Å². The Labute approximate surface area is 257 Å². The van der Waals surface area contributed by atoms with E-state index in [1.54, 1.807) is 6.92 Å². The third-order valence-electron chi connectivity index (χ3n) is 11.3. The summed E-state index contributed by atoms with van der Waals surface area (Å²) >= 11 is 0. The molecule has 0 radical (unpaired) electrons. The van der Waals surface area contributed by atoms with E-state index in [0.717, 1.165) is 63.1 Å². The van der Waals surface area contributed by atoms with Crippen LogP contribution in [0, 0.1) is 44.6 Å². The van der Waals surface area contributed by atoms with Gasteiger partial charge >= 0.3 is 11.7 Å². The second-order valence-electron chi connectivity index (χ2n) is 13.6. The van der Waals surface area contributed by atoms with Crippen LogP contribution in [0.2, 0.25) is 0 Å². The summed E-state index contributed by atoms with van der Waals surface area (Å²) in [5.74, 6) is 0.626. The van der Waals surface area contributed by atoms with Gasteiger partial charge in [0.1, 0.15) is 11.8 Å². The number of allylic oxidation sites excluding steroid dienone is 2. The number of rotatable bonds is 9. The number of ether oxygens (including phenoxy) is 1. The third kappa shape index (κ3) is 5.85. The van der Waals surface area contributed by atoms with Gasteiger partial charge in [0.25, 0.3) is 5.91 Å². The highest BCUT2D eigenvalue weighted by molar-refractivity contribution is 5.96. The molecule has 7 atom stereocenters. The number of hydrogen-bond acceptors (Lipinski definition) is 9. The van der Waals surface area contributed by atoms with Crippen molar-refractivity contribution in [1.29, 1.82) is 0 Å². The van der Waals surface area contributed by atoms with Gasteiger partial charge in [0.15, 0.2) is 12.4 Å². The molecule has 1 amide bonds. The number of amides is 1. The first-order chi connectivity index (χ1) is 20.9. The second kappa shape index (κ2) is 12.3. The van der Waals surface area contributed by atoms with Crippen LogP contribution in [0.4, 0.5) is 5.69 Å². The summed E-state index contributed by atoms with van der Waals surface area (Å²) < 4.78 is 4.80. The number of Topliss-reactive ketones (excluding diaryl/α,β-unsaturated/α-hetero) is 1. The quantitative estimate of drug-likeness (QED) is 0.224. The molecule has 44 heavy (non-hydrogen) atoms. The Bertz CT molecular complexity index is 1410. The number of carbonyl (C=O) groups excluding carboxylic acids is 3. The zero-order valence-corrected chi connectivity index (χ0v) is 26.0. The average molecular weight is 610 g/mol. The molecule has 238 valence electrons. The fraction of sp³-hybridized carbons (Fsp3) is 0.636. The van der Waals surface area contributed by atoms with E-state index in [-0.39, 0.29) is 23.2 Å². The van der Waals surface area contributed by atoms with Gasteiger partial charge < -0.3 is 20.0 Å². The van der Waals surface area contributed by atoms with Crippen LogP contribution in [0.25, 0.3) is 0 Å². The van der Waals surface area contributed by atoms with Crippen molar-refractivity contribution in [1.82, 2.24) is 5.32 Å². The van der Waals surface area contributed by atoms with Crippen LogP contribution in [-0.2, 0) is 30.4 Å². The Kier molecular flexibility index (Phi) is 8.87. The molecule has 4 aliphatic rings. The van der Waals surface area contributed by atoms with Crippen molar-refractivity contribution < 1.29 is 34.0 Å². The van der Waals surface area contributed by atoms with E-state index in [2.05, 4.69) is 30.4 Å². The van der Waals surface area contributed by atoms with Gasteiger partial charge in [0.2, 0.25) is 0 Å². The van der Waals surface area contributed by atoms with Gasteiger partial charge in [0.05, 0.1) is 17.7 Å². The molecule has 4 aliphatic carbocycles. The maximum Gasteiger partial charge on any atom is 0.328 e. The van der Waals surface area contributed by atoms with Crippen LogP contribution in [-0.4, -0.2) is 53.2 Å². The lowest BCUT2D eigenvalue weighted by Crippen LogP contribution is -2.51. The second-order valence-corrected chi connectivity index (χ2v) is 13.6. The molecule has 0 aliphatic heterocycles. The van der Waals surface area contributed by atoms with Crippen LogP contribution in [0.15, 0.2) is 35.0 Å². The molecule has 0 aromatic heterocycles. The fourth-order valence-electron chi connectivity index (χ4n) is 9.13. The first kappa shape index (κ1) is 31.7. The Morgan fingerprint density at radius 1 is 1.14 bits per heavy atom. The number of nitrogens with one attached hydrogen (secondary N) is 1. The molecule has 1 aromatic rings. The number of ketones is 1. The summed E-state index contributed by atoms with van der Waals surface area (Å²) in [6, 6.07) is 2.65. The standard InChI is InChI=1S/C33H43N3O8/c1-19(37)24-8-9-25-23-7-6-21-17-22(11-13-32(21,2)26(23)12-14-33(24,25)3)35-44-18-30(39)34-27(31(40)43-4)15-20-5-10-29(38)28(16-20)36(41)42/h5,10,16-17,23-27,38H,6-9,11-15,18H2,1-4H3,(H,34,39)/b35-22+/t23?,24?,25?,26?,27?,32-,33+/m1/s1. The molecule has 3 saturated carbocycles. The van der Waals surface area contributed by atoms with Gasteiger partial charge in [-0.2, -0.15) is 0 Å². The molecule has 2 N–H and O–H groups in total. The zero-order chi connectivity index (χ0) is 31.8. The number of carbonyl (C=O) groups is 3. The SMILES string of the molecule is COC(=O)C(Cc1ccc(O)c([N+](=O)[O-])c1)NC(=O)CO/N=C1/C=C2CCC3C4CCC(C(C)=O)[C@]4(C)CCC3[C@]2(C)CC1. The normalized spacial score (nSPS) is 32.4. The number of nitro groups is 1. The van der Waals surface area contributed by atoms with Crippen molar-refractivity contribution in [2.45, 2.75) is 84.6 Å². The van der Waals surface area contributed by atoms with E-state index in [0.29, 0.717) is 29.1 Å². The number of fused-ring (bicyclic) bond motifs is 5. The largest absolute Gasteiger partial charge is 0.502 e. The summed E-state index contributed by atoms with van der Waals surface area (Å²) in [4.78, 5) is 53.3. The molecule has 5 unspecified atom stereocenters. The van der Waals surface area contributed by atoms with E-state index in [1.807, 2.05) is 0 Å². The lowest BCUT2D eigenvalue weighted by atomic mass is 9.46. The predicted molar refractivity (Wildman–Crippen MR) is 162 cm³/mol. The fourth-order valence-corrected chi connectivity index (χ4v) is 9.13. The van der Waals surface area contributed by atoms with Crippen molar-refractivity contribution in [3.8, 4) is 5.75 Å². The topological polar surface area (TPSA) is 157 Å². The first-order valence-electron chi connectivity index (χ1n) is 15.6. The highest BCUT2D eigenvalue weighted by Crippen LogP contribution is 2.66. The number of benzene rings is 1. The van der Waals surface area contributed by atoms with Crippen LogP contribution in [0.5, 0.6) is 5.75 Å². The molecular weight excluding hydrogens is 566 g/mol. The van der Waals surface area contributed by atoms with Gasteiger partial charge in [-0.25, -0.2) is 4.79 Å². The highest BCUT2D eigenvalue weighted by atomic mass is 16.6. The number of methoxy groups -OCH3 is 1. The Morgan fingerprint density at radius 3 is 2.61 bits per heavy atom. The van der Waals surface area contributed by atoms with Crippen LogP contribution >= 0.6 is 0 Å². The summed E-state index contributed by atoms with van der Waals surface area (Å²) in [7, 11) is 1.18. The van der Waals surface area contributed by atoms with E-state index in [4.69, 9.17) is 9.57 Å². The molecule has 11 heteroatoms. The van der Waals surface area contributed by atoms with Crippen molar-refractivity contribution in [3.05, 3.63) is 45.5 Å². The minimum atomic E-state index is -1.11. The molecular formula is C33H43N3O8. The highest BCUT2D eigenvalue weighted by Gasteiger charge is 2.59. The molecule has 0 bridgehead atoms. The number of esters is 1. The number of nitrogens with zero attached hydrogens (tertiary/aromatic N) is 2. The molecule has 0 spiro atoms. The summed E-state index contributed by atoms with van der Waals surface area (Å²) in [5.41, 5.74) is 2.30. The Morgan fingerprint density at radius 2 is 1.91 bits per heavy atom. The number of hydrogen-bond donors (Lipinski definition) is 2. The van der Waals surface area contributed by atoms with Crippen molar-refractivity contribution in [2.75, 3.05) is 13.7 Å². The number of phenols is 1. The predicted octanol–water partition coefficient (Wildman–Crippen LogP) is 5.04. The maximum absolute atomic E-state index is 12.7. The number of aromatic hydroxyl groups is 1. The van der Waals surface area contributed by atoms with Crippen molar-refractivity contribution >= 4 is 29.1 Å². The number of oxime groups is 1. The van der Waals surface area contributed by atoms with Gasteiger partial charge in [-0.15, -0.1) is 0 Å². The zero-order valence-electron chi connectivity index (χ0n) is 26.0.